The van der Waals surface area contributed by atoms with Crippen molar-refractivity contribution in [3.05, 3.63) is 29.8 Å². The molecule has 0 saturated heterocycles. The van der Waals surface area contributed by atoms with E-state index in [2.05, 4.69) is 24.4 Å². The maximum Gasteiger partial charge on any atom is 0.118 e. The molecule has 3 heteroatoms. The van der Waals surface area contributed by atoms with Gasteiger partial charge in [-0.25, -0.2) is 0 Å². The van der Waals surface area contributed by atoms with E-state index in [4.69, 9.17) is 16.3 Å². The van der Waals surface area contributed by atoms with Crippen LogP contribution < -0.4 is 10.1 Å². The molecule has 0 radical (unpaired) electrons. The Morgan fingerprint density at radius 1 is 1.31 bits per heavy atom. The Kier molecular flexibility index (Phi) is 6.27. The number of nitrogens with one attached hydrogen (secondary N) is 1. The predicted molar refractivity (Wildman–Crippen MR) is 69.5 cm³/mol. The largest absolute Gasteiger partial charge is 0.497 e. The highest BCUT2D eigenvalue weighted by atomic mass is 35.5. The number of hydrogen-bond acceptors (Lipinski definition) is 2. The number of halogens is 1. The second-order valence-electron chi connectivity index (χ2n) is 4.06. The molecule has 0 aliphatic carbocycles. The molecule has 1 N–H and O–H groups in total. The van der Waals surface area contributed by atoms with Gasteiger partial charge in [0.2, 0.25) is 0 Å². The van der Waals surface area contributed by atoms with E-state index in [1.165, 1.54) is 5.56 Å². The van der Waals surface area contributed by atoms with E-state index in [1.54, 1.807) is 7.11 Å². The highest BCUT2D eigenvalue weighted by Gasteiger charge is 1.99. The quantitative estimate of drug-likeness (QED) is 0.586. The fourth-order valence-electron chi connectivity index (χ4n) is 1.43. The van der Waals surface area contributed by atoms with Crippen LogP contribution in [-0.4, -0.2) is 26.1 Å². The van der Waals surface area contributed by atoms with E-state index >= 15 is 0 Å². The first kappa shape index (κ1) is 13.3. The predicted octanol–water partition coefficient (Wildman–Crippen LogP) is 2.70. The summed E-state index contributed by atoms with van der Waals surface area (Å²) in [6.45, 7) is 4.13. The summed E-state index contributed by atoms with van der Waals surface area (Å²) in [7, 11) is 1.68. The lowest BCUT2D eigenvalue weighted by Gasteiger charge is -2.09. The first-order valence-corrected chi connectivity index (χ1v) is 6.19. The Morgan fingerprint density at radius 3 is 2.56 bits per heavy atom. The van der Waals surface area contributed by atoms with Crippen molar-refractivity contribution in [3.63, 3.8) is 0 Å². The van der Waals surface area contributed by atoms with Crippen LogP contribution in [0.15, 0.2) is 24.3 Å². The van der Waals surface area contributed by atoms with Crippen LogP contribution in [0.3, 0.4) is 0 Å². The molecule has 0 spiro atoms. The van der Waals surface area contributed by atoms with Crippen LogP contribution in [0.2, 0.25) is 0 Å². The number of hydrogen-bond donors (Lipinski definition) is 1. The molecular formula is C13H20ClNO. The van der Waals surface area contributed by atoms with Crippen LogP contribution >= 0.6 is 11.6 Å². The molecule has 1 aromatic rings. The van der Waals surface area contributed by atoms with Crippen LogP contribution in [0.5, 0.6) is 5.75 Å². The van der Waals surface area contributed by atoms with Crippen molar-refractivity contribution < 1.29 is 4.74 Å². The molecule has 1 aromatic carbocycles. The summed E-state index contributed by atoms with van der Waals surface area (Å²) >= 11 is 5.73. The lowest BCUT2D eigenvalue weighted by Crippen LogP contribution is -2.24. The summed E-state index contributed by atoms with van der Waals surface area (Å²) in [5.74, 6) is 2.17. The van der Waals surface area contributed by atoms with Gasteiger partial charge in [0, 0.05) is 5.88 Å². The SMILES string of the molecule is COc1ccc(CCNCC(C)CCl)cc1. The lowest BCUT2D eigenvalue weighted by atomic mass is 10.1. The van der Waals surface area contributed by atoms with Crippen LogP contribution in [0.1, 0.15) is 12.5 Å². The van der Waals surface area contributed by atoms with E-state index in [-0.39, 0.29) is 0 Å². The summed E-state index contributed by atoms with van der Waals surface area (Å²) in [4.78, 5) is 0. The average Bonchev–Trinajstić information content (AvgIpc) is 2.35. The molecule has 2 nitrogen and oxygen atoms in total. The third kappa shape index (κ3) is 4.86. The minimum Gasteiger partial charge on any atom is -0.497 e. The number of methoxy groups -OCH3 is 1. The minimum atomic E-state index is 0.539. The zero-order valence-electron chi connectivity index (χ0n) is 10.0. The van der Waals surface area contributed by atoms with Crippen molar-refractivity contribution in [1.29, 1.82) is 0 Å². The molecule has 0 aromatic heterocycles. The molecule has 0 aliphatic heterocycles. The van der Waals surface area contributed by atoms with Gasteiger partial charge in [0.15, 0.2) is 0 Å². The Balaban J connectivity index is 2.21. The van der Waals surface area contributed by atoms with Gasteiger partial charge in [0.05, 0.1) is 7.11 Å². The van der Waals surface area contributed by atoms with Crippen LogP contribution in [0, 0.1) is 5.92 Å². The first-order chi connectivity index (χ1) is 7.76. The van der Waals surface area contributed by atoms with Gasteiger partial charge in [0.25, 0.3) is 0 Å². The topological polar surface area (TPSA) is 21.3 Å². The third-order valence-corrected chi connectivity index (χ3v) is 3.03. The molecule has 16 heavy (non-hydrogen) atoms. The normalized spacial score (nSPS) is 12.4. The molecule has 90 valence electrons. The van der Waals surface area contributed by atoms with Crippen molar-refractivity contribution in [2.45, 2.75) is 13.3 Å². The van der Waals surface area contributed by atoms with Gasteiger partial charge in [-0.15, -0.1) is 11.6 Å². The van der Waals surface area contributed by atoms with E-state index in [1.807, 2.05) is 12.1 Å². The summed E-state index contributed by atoms with van der Waals surface area (Å²) < 4.78 is 5.11. The van der Waals surface area contributed by atoms with Gasteiger partial charge >= 0.3 is 0 Å². The van der Waals surface area contributed by atoms with Gasteiger partial charge in [-0.2, -0.15) is 0 Å². The maximum absolute atomic E-state index is 5.73. The Bertz CT molecular complexity index is 286. The third-order valence-electron chi connectivity index (χ3n) is 2.51. The average molecular weight is 242 g/mol. The summed E-state index contributed by atoms with van der Waals surface area (Å²) in [6, 6.07) is 8.20. The summed E-state index contributed by atoms with van der Waals surface area (Å²) in [5, 5.41) is 3.40. The molecule has 0 heterocycles. The molecule has 0 saturated carbocycles. The maximum atomic E-state index is 5.73. The second-order valence-corrected chi connectivity index (χ2v) is 4.37. The van der Waals surface area contributed by atoms with Gasteiger partial charge in [-0.05, 0) is 43.1 Å². The Labute approximate surface area is 103 Å². The van der Waals surface area contributed by atoms with Gasteiger partial charge in [-0.1, -0.05) is 19.1 Å². The van der Waals surface area contributed by atoms with E-state index < -0.39 is 0 Å². The van der Waals surface area contributed by atoms with Gasteiger partial charge < -0.3 is 10.1 Å². The molecule has 1 atom stereocenters. The molecule has 1 unspecified atom stereocenters. The number of rotatable bonds is 7. The Hall–Kier alpha value is -0.730. The van der Waals surface area contributed by atoms with E-state index in [0.717, 1.165) is 31.1 Å². The fourth-order valence-corrected chi connectivity index (χ4v) is 1.54. The molecule has 0 aliphatic rings. The number of alkyl halides is 1. The zero-order valence-corrected chi connectivity index (χ0v) is 10.8. The zero-order chi connectivity index (χ0) is 11.8. The minimum absolute atomic E-state index is 0.539. The lowest BCUT2D eigenvalue weighted by molar-refractivity contribution is 0.414. The van der Waals surface area contributed by atoms with Gasteiger partial charge in [0.1, 0.15) is 5.75 Å². The second kappa shape index (κ2) is 7.53. The molecule has 0 bridgehead atoms. The molecule has 0 amide bonds. The van der Waals surface area contributed by atoms with Crippen LogP contribution in [0.25, 0.3) is 0 Å². The standard InChI is InChI=1S/C13H20ClNO/c1-11(9-14)10-15-8-7-12-3-5-13(16-2)6-4-12/h3-6,11,15H,7-10H2,1-2H3. The number of benzene rings is 1. The molecular weight excluding hydrogens is 222 g/mol. The molecule has 1 rings (SSSR count). The smallest absolute Gasteiger partial charge is 0.118 e. The summed E-state index contributed by atoms with van der Waals surface area (Å²) in [5.41, 5.74) is 1.33. The highest BCUT2D eigenvalue weighted by molar-refractivity contribution is 6.18. The highest BCUT2D eigenvalue weighted by Crippen LogP contribution is 2.11. The number of ether oxygens (including phenoxy) is 1. The Morgan fingerprint density at radius 2 is 2.00 bits per heavy atom. The fraction of sp³-hybridized carbons (Fsp3) is 0.538. The van der Waals surface area contributed by atoms with E-state index in [9.17, 15) is 0 Å². The van der Waals surface area contributed by atoms with Crippen LogP contribution in [0.4, 0.5) is 0 Å². The van der Waals surface area contributed by atoms with E-state index in [0.29, 0.717) is 5.92 Å². The summed E-state index contributed by atoms with van der Waals surface area (Å²) in [6.07, 6.45) is 1.04. The monoisotopic (exact) mass is 241 g/mol. The first-order valence-electron chi connectivity index (χ1n) is 5.66. The molecule has 0 fully saturated rings. The van der Waals surface area contributed by atoms with Crippen LogP contribution in [-0.2, 0) is 6.42 Å². The van der Waals surface area contributed by atoms with Crippen molar-refractivity contribution in [1.82, 2.24) is 5.32 Å². The van der Waals surface area contributed by atoms with Crippen molar-refractivity contribution in [2.24, 2.45) is 5.92 Å². The van der Waals surface area contributed by atoms with Gasteiger partial charge in [-0.3, -0.25) is 0 Å². The van der Waals surface area contributed by atoms with Crippen molar-refractivity contribution in [3.8, 4) is 5.75 Å². The van der Waals surface area contributed by atoms with Crippen molar-refractivity contribution in [2.75, 3.05) is 26.1 Å². The van der Waals surface area contributed by atoms with Crippen molar-refractivity contribution >= 4 is 11.6 Å².